The molecule has 0 bridgehead atoms. The van der Waals surface area contributed by atoms with E-state index in [9.17, 15) is 0 Å². The number of aryl methyl sites for hydroxylation is 1. The molecule has 0 spiro atoms. The Morgan fingerprint density at radius 1 is 1.21 bits per heavy atom. The molecule has 1 aromatic carbocycles. The van der Waals surface area contributed by atoms with Crippen molar-refractivity contribution in [2.24, 2.45) is 0 Å². The number of hydrogen-bond acceptors (Lipinski definition) is 4. The van der Waals surface area contributed by atoms with Crippen molar-refractivity contribution in [3.63, 3.8) is 0 Å². The fourth-order valence-electron chi connectivity index (χ4n) is 3.29. The Labute approximate surface area is 176 Å². The number of nitrogens with zero attached hydrogens (tertiary/aromatic N) is 6. The van der Waals surface area contributed by atoms with Crippen LogP contribution in [0, 0.1) is 18.6 Å². The second-order valence-electron chi connectivity index (χ2n) is 6.71. The van der Waals surface area contributed by atoms with E-state index in [1.165, 1.54) is 5.56 Å². The number of aromatic amines is 1. The van der Waals surface area contributed by atoms with Gasteiger partial charge in [0, 0.05) is 6.20 Å². The molecule has 0 saturated carbocycles. The van der Waals surface area contributed by atoms with Gasteiger partial charge in [-0.2, -0.15) is 15.3 Å². The molecule has 1 atom stereocenters. The van der Waals surface area contributed by atoms with Crippen LogP contribution in [0.5, 0.6) is 0 Å². The van der Waals surface area contributed by atoms with Crippen LogP contribution in [0.3, 0.4) is 0 Å². The van der Waals surface area contributed by atoms with Gasteiger partial charge in [0.1, 0.15) is 6.04 Å². The van der Waals surface area contributed by atoms with Crippen molar-refractivity contribution in [1.29, 1.82) is 0 Å². The summed E-state index contributed by atoms with van der Waals surface area (Å²) in [5.41, 5.74) is 4.05. The molecular formula is C19H20BrN7S. The van der Waals surface area contributed by atoms with Gasteiger partial charge in [-0.15, -0.1) is 0 Å². The number of halogens is 1. The van der Waals surface area contributed by atoms with Crippen molar-refractivity contribution in [3.05, 3.63) is 74.7 Å². The van der Waals surface area contributed by atoms with Gasteiger partial charge >= 0.3 is 0 Å². The van der Waals surface area contributed by atoms with Crippen LogP contribution < -0.4 is 0 Å². The molecule has 3 heterocycles. The normalized spacial score (nSPS) is 12.4. The van der Waals surface area contributed by atoms with E-state index in [4.69, 9.17) is 12.2 Å². The van der Waals surface area contributed by atoms with Crippen molar-refractivity contribution in [1.82, 2.24) is 34.3 Å². The highest BCUT2D eigenvalue weighted by atomic mass is 79.9. The molecule has 0 fully saturated rings. The number of H-pyrrole nitrogens is 1. The summed E-state index contributed by atoms with van der Waals surface area (Å²) in [4.78, 5) is 0. The molecule has 3 aromatic heterocycles. The summed E-state index contributed by atoms with van der Waals surface area (Å²) in [7, 11) is 0. The maximum atomic E-state index is 5.50. The fourth-order valence-corrected chi connectivity index (χ4v) is 3.80. The molecule has 0 amide bonds. The second kappa shape index (κ2) is 7.48. The topological polar surface area (TPSA) is 69.2 Å². The Bertz CT molecular complexity index is 1170. The number of rotatable bonds is 5. The van der Waals surface area contributed by atoms with E-state index in [1.807, 2.05) is 58.4 Å². The molecule has 0 unspecified atom stereocenters. The lowest BCUT2D eigenvalue weighted by atomic mass is 10.2. The third kappa shape index (κ3) is 3.35. The third-order valence-corrected chi connectivity index (χ3v) is 6.16. The molecule has 0 aliphatic carbocycles. The van der Waals surface area contributed by atoms with E-state index in [-0.39, 0.29) is 6.04 Å². The van der Waals surface area contributed by atoms with E-state index in [0.29, 0.717) is 11.3 Å². The maximum absolute atomic E-state index is 5.50. The highest BCUT2D eigenvalue weighted by Gasteiger charge is 2.22. The van der Waals surface area contributed by atoms with Crippen LogP contribution >= 0.6 is 28.1 Å². The van der Waals surface area contributed by atoms with Crippen molar-refractivity contribution >= 4 is 28.1 Å². The van der Waals surface area contributed by atoms with Crippen molar-refractivity contribution < 1.29 is 0 Å². The van der Waals surface area contributed by atoms with Crippen LogP contribution in [0.4, 0.5) is 0 Å². The molecule has 4 rings (SSSR count). The largest absolute Gasteiger partial charge is 0.267 e. The van der Waals surface area contributed by atoms with Gasteiger partial charge in [0.25, 0.3) is 0 Å². The summed E-state index contributed by atoms with van der Waals surface area (Å²) < 4.78 is 7.31. The highest BCUT2D eigenvalue weighted by molar-refractivity contribution is 9.10. The van der Waals surface area contributed by atoms with Crippen LogP contribution in [0.1, 0.15) is 35.7 Å². The van der Waals surface area contributed by atoms with E-state index in [0.717, 1.165) is 27.4 Å². The summed E-state index contributed by atoms with van der Waals surface area (Å²) in [6, 6.07) is 10.1. The molecule has 0 aliphatic heterocycles. The monoisotopic (exact) mass is 457 g/mol. The zero-order valence-corrected chi connectivity index (χ0v) is 18.2. The van der Waals surface area contributed by atoms with Gasteiger partial charge in [-0.1, -0.05) is 30.3 Å². The lowest BCUT2D eigenvalue weighted by molar-refractivity contribution is 0.512. The zero-order chi connectivity index (χ0) is 19.8. The summed E-state index contributed by atoms with van der Waals surface area (Å²) in [6.07, 6.45) is 3.78. The number of nitrogens with one attached hydrogen (secondary N) is 1. The molecule has 9 heteroatoms. The summed E-state index contributed by atoms with van der Waals surface area (Å²) in [5.74, 6) is 0.780. The minimum Gasteiger partial charge on any atom is -0.267 e. The van der Waals surface area contributed by atoms with Crippen LogP contribution in [0.15, 0.2) is 47.2 Å². The first-order valence-corrected chi connectivity index (χ1v) is 10.1. The van der Waals surface area contributed by atoms with Crippen LogP contribution in [-0.2, 0) is 6.54 Å². The first-order valence-electron chi connectivity index (χ1n) is 8.91. The fraction of sp³-hybridized carbons (Fsp3) is 0.263. The molecular weight excluding hydrogens is 438 g/mol. The molecule has 0 radical (unpaired) electrons. The molecule has 4 aromatic rings. The highest BCUT2D eigenvalue weighted by Crippen LogP contribution is 2.26. The van der Waals surface area contributed by atoms with Crippen molar-refractivity contribution in [2.75, 3.05) is 0 Å². The summed E-state index contributed by atoms with van der Waals surface area (Å²) in [5, 5.41) is 16.5. The summed E-state index contributed by atoms with van der Waals surface area (Å²) >= 11 is 9.09. The average Bonchev–Trinajstić information content (AvgIpc) is 3.37. The van der Waals surface area contributed by atoms with E-state index in [2.05, 4.69) is 55.4 Å². The van der Waals surface area contributed by atoms with Gasteiger partial charge in [-0.05, 0) is 54.5 Å². The van der Waals surface area contributed by atoms with Crippen molar-refractivity contribution in [2.45, 2.75) is 33.4 Å². The van der Waals surface area contributed by atoms with E-state index < -0.39 is 0 Å². The number of benzene rings is 1. The average molecular weight is 458 g/mol. The third-order valence-electron chi connectivity index (χ3n) is 4.74. The van der Waals surface area contributed by atoms with Gasteiger partial charge in [-0.25, -0.2) is 0 Å². The molecule has 7 nitrogen and oxygen atoms in total. The first kappa shape index (κ1) is 18.8. The van der Waals surface area contributed by atoms with Gasteiger partial charge in [0.15, 0.2) is 10.6 Å². The van der Waals surface area contributed by atoms with Crippen LogP contribution in [-0.4, -0.2) is 34.3 Å². The predicted octanol–water partition coefficient (Wildman–Crippen LogP) is 4.36. The molecule has 1 N–H and O–H groups in total. The molecule has 0 saturated heterocycles. The summed E-state index contributed by atoms with van der Waals surface area (Å²) in [6.45, 7) is 6.76. The first-order chi connectivity index (χ1) is 13.5. The van der Waals surface area contributed by atoms with E-state index in [1.54, 1.807) is 0 Å². The van der Waals surface area contributed by atoms with Crippen molar-refractivity contribution in [3.8, 4) is 5.69 Å². The lowest BCUT2D eigenvalue weighted by Crippen LogP contribution is -2.15. The Balaban J connectivity index is 1.69. The molecule has 144 valence electrons. The van der Waals surface area contributed by atoms with Gasteiger partial charge in [0.05, 0.1) is 34.3 Å². The van der Waals surface area contributed by atoms with E-state index >= 15 is 0 Å². The molecule has 28 heavy (non-hydrogen) atoms. The Hall–Kier alpha value is -2.52. The minimum atomic E-state index is -0.101. The lowest BCUT2D eigenvalue weighted by Gasteiger charge is -2.14. The van der Waals surface area contributed by atoms with Gasteiger partial charge < -0.3 is 0 Å². The van der Waals surface area contributed by atoms with Gasteiger partial charge in [0.2, 0.25) is 0 Å². The zero-order valence-electron chi connectivity index (χ0n) is 15.8. The Morgan fingerprint density at radius 3 is 2.64 bits per heavy atom. The Morgan fingerprint density at radius 2 is 1.96 bits per heavy atom. The van der Waals surface area contributed by atoms with Gasteiger partial charge in [-0.3, -0.25) is 19.0 Å². The maximum Gasteiger partial charge on any atom is 0.200 e. The van der Waals surface area contributed by atoms with Crippen LogP contribution in [0.25, 0.3) is 5.69 Å². The standard InChI is InChI=1S/C19H20BrN7S/c1-12-17(20)13(2)27(24-12)14(3)18-22-23-19(28)26(18)16-9-21-25(11-16)10-15-7-5-4-6-8-15/h4-9,11,14H,10H2,1-3H3,(H,23,28)/t14-/m1/s1. The SMILES string of the molecule is Cc1nn([C@H](C)c2n[nH]c(=S)n2-c2cnn(Cc3ccccc3)c2)c(C)c1Br. The quantitative estimate of drug-likeness (QED) is 0.452. The smallest absolute Gasteiger partial charge is 0.200 e. The minimum absolute atomic E-state index is 0.101. The number of aromatic nitrogens is 7. The Kier molecular flexibility index (Phi) is 5.03. The number of hydrogen-bond donors (Lipinski definition) is 1. The predicted molar refractivity (Wildman–Crippen MR) is 113 cm³/mol. The molecule has 0 aliphatic rings. The van der Waals surface area contributed by atoms with Crippen LogP contribution in [0.2, 0.25) is 0 Å². The second-order valence-corrected chi connectivity index (χ2v) is 7.89.